The van der Waals surface area contributed by atoms with Crippen LogP contribution in [0.1, 0.15) is 64.8 Å². The quantitative estimate of drug-likeness (QED) is 0.137. The largest absolute Gasteiger partial charge is 0.458 e. The number of nitrogens with one attached hydrogen (secondary N) is 1. The van der Waals surface area contributed by atoms with Gasteiger partial charge in [0.1, 0.15) is 24.1 Å². The van der Waals surface area contributed by atoms with E-state index in [4.69, 9.17) is 14.5 Å². The van der Waals surface area contributed by atoms with E-state index in [2.05, 4.69) is 10.3 Å². The number of aliphatic hydroxyl groups is 1. The molecule has 254 valence electrons. The van der Waals surface area contributed by atoms with Crippen molar-refractivity contribution in [2.75, 3.05) is 0 Å². The number of rotatable bonds is 7. The lowest BCUT2D eigenvalue weighted by atomic mass is 9.81. The van der Waals surface area contributed by atoms with E-state index in [9.17, 15) is 19.5 Å². The maximum absolute atomic E-state index is 15.2. The zero-order chi connectivity index (χ0) is 34.7. The number of ether oxygens (including phenoxy) is 2. The normalized spacial score (nSPS) is 18.6. The molecule has 0 saturated heterocycles. The van der Waals surface area contributed by atoms with Gasteiger partial charge in [-0.3, -0.25) is 4.79 Å². The summed E-state index contributed by atoms with van der Waals surface area (Å²) in [5.41, 5.74) is 2.95. The molecule has 13 heteroatoms. The van der Waals surface area contributed by atoms with Gasteiger partial charge in [0.2, 0.25) is 0 Å². The summed E-state index contributed by atoms with van der Waals surface area (Å²) in [6.45, 7) is 3.35. The molecular formula is C37H31FN4O6S2. The molecule has 2 atom stereocenters. The van der Waals surface area contributed by atoms with Crippen molar-refractivity contribution in [3.8, 4) is 11.4 Å². The van der Waals surface area contributed by atoms with E-state index in [1.54, 1.807) is 52.3 Å². The molecule has 0 fully saturated rings. The number of aryl methyl sites for hydroxylation is 1. The number of benzene rings is 2. The van der Waals surface area contributed by atoms with Crippen LogP contribution in [0.4, 0.5) is 9.18 Å². The highest BCUT2D eigenvalue weighted by molar-refractivity contribution is 8.76. The first-order valence-electron chi connectivity index (χ1n) is 16.3. The van der Waals surface area contributed by atoms with Crippen molar-refractivity contribution in [1.29, 1.82) is 0 Å². The van der Waals surface area contributed by atoms with Gasteiger partial charge < -0.3 is 24.5 Å². The summed E-state index contributed by atoms with van der Waals surface area (Å²) in [7, 11) is 3.15. The molecule has 0 radical (unpaired) electrons. The smallest absolute Gasteiger partial charge is 0.407 e. The number of hydrogen-bond donors (Lipinski definition) is 2. The number of pyridine rings is 3. The Balaban J connectivity index is 1.09. The van der Waals surface area contributed by atoms with Crippen molar-refractivity contribution in [1.82, 2.24) is 19.9 Å². The van der Waals surface area contributed by atoms with E-state index in [1.165, 1.54) is 6.07 Å². The molecule has 0 unspecified atom stereocenters. The Morgan fingerprint density at radius 2 is 1.96 bits per heavy atom. The molecule has 1 aliphatic carbocycles. The SMILES string of the molecule is CC[C@@]1(O)C(=O)OCc2c1cc1n(c2=O)Cc2c-1nc1cc(F)c(C)c3c1c2[C@@H](NC(=O)OCc1ccc(SSc2ccccn2)cc1)CC3. The number of aromatic nitrogens is 3. The highest BCUT2D eigenvalue weighted by Crippen LogP contribution is 2.46. The first kappa shape index (κ1) is 32.5. The molecule has 3 aliphatic rings. The van der Waals surface area contributed by atoms with E-state index in [-0.39, 0.29) is 43.1 Å². The molecule has 8 rings (SSSR count). The maximum atomic E-state index is 15.2. The van der Waals surface area contributed by atoms with Crippen molar-refractivity contribution in [3.05, 3.63) is 116 Å². The summed E-state index contributed by atoms with van der Waals surface area (Å²) >= 11 is 0. The lowest BCUT2D eigenvalue weighted by Crippen LogP contribution is -2.44. The molecule has 5 heterocycles. The van der Waals surface area contributed by atoms with Gasteiger partial charge in [0, 0.05) is 33.7 Å². The molecule has 0 saturated carbocycles. The fourth-order valence-corrected chi connectivity index (χ4v) is 9.00. The van der Waals surface area contributed by atoms with Crippen molar-refractivity contribution < 1.29 is 28.6 Å². The number of halogens is 1. The van der Waals surface area contributed by atoms with Crippen molar-refractivity contribution in [3.63, 3.8) is 0 Å². The zero-order valence-electron chi connectivity index (χ0n) is 27.1. The molecule has 0 spiro atoms. The minimum Gasteiger partial charge on any atom is -0.458 e. The Kier molecular flexibility index (Phi) is 8.16. The zero-order valence-corrected chi connectivity index (χ0v) is 28.8. The first-order chi connectivity index (χ1) is 24.2. The fraction of sp³-hybridized carbons (Fsp3) is 0.270. The van der Waals surface area contributed by atoms with Crippen LogP contribution in [-0.2, 0) is 46.0 Å². The van der Waals surface area contributed by atoms with Crippen LogP contribution in [-0.4, -0.2) is 31.7 Å². The van der Waals surface area contributed by atoms with E-state index in [0.717, 1.165) is 37.6 Å². The average Bonchev–Trinajstić information content (AvgIpc) is 3.50. The van der Waals surface area contributed by atoms with Crippen LogP contribution < -0.4 is 10.9 Å². The third-order valence-corrected chi connectivity index (χ3v) is 12.1. The molecule has 0 bridgehead atoms. The van der Waals surface area contributed by atoms with Gasteiger partial charge in [-0.15, -0.1) is 0 Å². The lowest BCUT2D eigenvalue weighted by molar-refractivity contribution is -0.172. The number of esters is 1. The number of alkyl carbamates (subject to hydrolysis) is 1. The molecule has 2 aliphatic heterocycles. The number of carbonyl (C=O) groups is 2. The second-order valence-corrected chi connectivity index (χ2v) is 14.8. The van der Waals surface area contributed by atoms with Gasteiger partial charge in [-0.25, -0.2) is 23.9 Å². The second-order valence-electron chi connectivity index (χ2n) is 12.6. The highest BCUT2D eigenvalue weighted by Gasteiger charge is 2.46. The van der Waals surface area contributed by atoms with Crippen LogP contribution in [0.2, 0.25) is 0 Å². The van der Waals surface area contributed by atoms with Crippen LogP contribution in [0.15, 0.2) is 75.5 Å². The van der Waals surface area contributed by atoms with E-state index in [0.29, 0.717) is 35.3 Å². The minimum absolute atomic E-state index is 0.0150. The topological polar surface area (TPSA) is 133 Å². The minimum atomic E-state index is -1.97. The monoisotopic (exact) mass is 710 g/mol. The van der Waals surface area contributed by atoms with E-state index < -0.39 is 29.3 Å². The molecular weight excluding hydrogens is 680 g/mol. The van der Waals surface area contributed by atoms with Crippen molar-refractivity contribution in [2.45, 2.75) is 74.4 Å². The average molecular weight is 711 g/mol. The molecule has 1 amide bonds. The van der Waals surface area contributed by atoms with Gasteiger partial charge in [0.05, 0.1) is 35.1 Å². The summed E-state index contributed by atoms with van der Waals surface area (Å²) in [5.74, 6) is -1.20. The molecule has 10 nitrogen and oxygen atoms in total. The molecule has 2 N–H and O–H groups in total. The van der Waals surface area contributed by atoms with Crippen LogP contribution in [0, 0.1) is 12.7 Å². The van der Waals surface area contributed by atoms with Crippen LogP contribution in [0.5, 0.6) is 0 Å². The Morgan fingerprint density at radius 3 is 2.72 bits per heavy atom. The predicted molar refractivity (Wildman–Crippen MR) is 186 cm³/mol. The molecule has 3 aromatic heterocycles. The number of nitrogens with zero attached hydrogens (tertiary/aromatic N) is 3. The molecule has 50 heavy (non-hydrogen) atoms. The van der Waals surface area contributed by atoms with Crippen LogP contribution in [0.25, 0.3) is 22.3 Å². The summed E-state index contributed by atoms with van der Waals surface area (Å²) < 4.78 is 27.6. The summed E-state index contributed by atoms with van der Waals surface area (Å²) in [6, 6.07) is 16.0. The highest BCUT2D eigenvalue weighted by atomic mass is 33.1. The number of carbonyl (C=O) groups excluding carboxylic acids is 2. The van der Waals surface area contributed by atoms with Gasteiger partial charge in [-0.05, 0) is 89.6 Å². The van der Waals surface area contributed by atoms with Gasteiger partial charge >= 0.3 is 12.1 Å². The second kappa shape index (κ2) is 12.6. The summed E-state index contributed by atoms with van der Waals surface area (Å²) in [4.78, 5) is 50.0. The van der Waals surface area contributed by atoms with E-state index in [1.807, 2.05) is 42.5 Å². The number of amides is 1. The summed E-state index contributed by atoms with van der Waals surface area (Å²) in [5, 5.41) is 16.0. The fourth-order valence-electron chi connectivity index (χ4n) is 7.16. The number of cyclic esters (lactones) is 1. The Bertz CT molecular complexity index is 2280. The predicted octanol–water partition coefficient (Wildman–Crippen LogP) is 6.64. The lowest BCUT2D eigenvalue weighted by Gasteiger charge is -2.31. The van der Waals surface area contributed by atoms with Crippen molar-refractivity contribution >= 4 is 44.6 Å². The van der Waals surface area contributed by atoms with Crippen LogP contribution in [0.3, 0.4) is 0 Å². The van der Waals surface area contributed by atoms with Crippen molar-refractivity contribution in [2.24, 2.45) is 0 Å². The van der Waals surface area contributed by atoms with Gasteiger partial charge in [0.15, 0.2) is 5.60 Å². The third-order valence-electron chi connectivity index (χ3n) is 9.82. The van der Waals surface area contributed by atoms with E-state index >= 15 is 4.39 Å². The standard InChI is InChI=1S/C37H31FN4O6S2/c1-3-37(46)25-14-29-33-23(16-42(29)34(43)24(25)18-47-35(37)44)32-27(12-11-22-19(2)26(38)15-28(40-33)31(22)32)41-36(45)48-17-20-7-9-21(10-8-20)49-50-30-6-4-5-13-39-30/h4-10,13-15,27,46H,3,11-12,16-18H2,1-2H3,(H,41,45)/t27-,37-/m0/s1. The molecule has 5 aromatic rings. The first-order valence-corrected chi connectivity index (χ1v) is 18.4. The molecule has 2 aromatic carbocycles. The summed E-state index contributed by atoms with van der Waals surface area (Å²) in [6.07, 6.45) is 2.16. The Morgan fingerprint density at radius 1 is 1.14 bits per heavy atom. The number of hydrogen-bond acceptors (Lipinski definition) is 10. The van der Waals surface area contributed by atoms with Gasteiger partial charge in [0.25, 0.3) is 5.56 Å². The van der Waals surface area contributed by atoms with Gasteiger partial charge in [-0.1, -0.05) is 35.9 Å². The third kappa shape index (κ3) is 5.35. The van der Waals surface area contributed by atoms with Crippen LogP contribution >= 0.6 is 21.6 Å². The Hall–Kier alpha value is -4.72. The van der Waals surface area contributed by atoms with Gasteiger partial charge in [-0.2, -0.15) is 0 Å². The maximum Gasteiger partial charge on any atom is 0.407 e. The number of fused-ring (bicyclic) bond motifs is 5. The Labute approximate surface area is 293 Å².